The van der Waals surface area contributed by atoms with Gasteiger partial charge in [-0.3, -0.25) is 0 Å². The number of hydrogen-bond acceptors (Lipinski definition) is 4. The molecule has 2 aromatic rings. The molecule has 0 radical (unpaired) electrons. The maximum Gasteiger partial charge on any atom is 0.213 e. The second-order valence-corrected chi connectivity index (χ2v) is 5.20. The van der Waals surface area contributed by atoms with Crippen LogP contribution >= 0.6 is 34.8 Å². The van der Waals surface area contributed by atoms with E-state index in [1.165, 1.54) is 6.39 Å². The normalized spacial score (nSPS) is 12.6. The molecule has 0 aliphatic carbocycles. The average Bonchev–Trinajstić information content (AvgIpc) is 2.89. The molecule has 7 heteroatoms. The van der Waals surface area contributed by atoms with E-state index in [1.54, 1.807) is 6.07 Å². The molecule has 0 bridgehead atoms. The second-order valence-electron chi connectivity index (χ2n) is 4.04. The first kappa shape index (κ1) is 14.6. The van der Waals surface area contributed by atoms with Gasteiger partial charge < -0.3 is 9.84 Å². The number of nitrogens with zero attached hydrogens (tertiary/aromatic N) is 2. The van der Waals surface area contributed by atoms with Crippen molar-refractivity contribution in [1.29, 1.82) is 0 Å². The van der Waals surface area contributed by atoms with Gasteiger partial charge in [0, 0.05) is 19.0 Å². The van der Waals surface area contributed by atoms with Crippen molar-refractivity contribution < 1.29 is 4.52 Å². The molecule has 1 unspecified atom stereocenters. The van der Waals surface area contributed by atoms with E-state index in [1.807, 2.05) is 13.0 Å². The number of halogens is 3. The molecule has 0 spiro atoms. The number of benzene rings is 1. The average molecular weight is 321 g/mol. The van der Waals surface area contributed by atoms with Crippen molar-refractivity contribution >= 4 is 34.8 Å². The molecule has 0 aliphatic heterocycles. The quantitative estimate of drug-likeness (QED) is 0.848. The number of hydrogen-bond donors (Lipinski definition) is 1. The van der Waals surface area contributed by atoms with Crippen LogP contribution in [0.3, 0.4) is 0 Å². The maximum absolute atomic E-state index is 6.18. The minimum absolute atomic E-state index is 0.0502. The lowest BCUT2D eigenvalue weighted by Gasteiger charge is -2.16. The summed E-state index contributed by atoms with van der Waals surface area (Å²) in [4.78, 5) is 3.95. The molecule has 0 saturated heterocycles. The van der Waals surface area contributed by atoms with Crippen LogP contribution in [-0.4, -0.2) is 16.7 Å². The van der Waals surface area contributed by atoms with E-state index in [4.69, 9.17) is 34.8 Å². The van der Waals surface area contributed by atoms with Crippen molar-refractivity contribution in [2.45, 2.75) is 19.4 Å². The summed E-state index contributed by atoms with van der Waals surface area (Å²) < 4.78 is 4.66. The third-order valence-corrected chi connectivity index (χ3v) is 4.05. The molecule has 102 valence electrons. The van der Waals surface area contributed by atoms with Crippen molar-refractivity contribution in [1.82, 2.24) is 15.5 Å². The summed E-state index contributed by atoms with van der Waals surface area (Å²) in [5.74, 6) is 0.667. The lowest BCUT2D eigenvalue weighted by atomic mass is 10.1. The molecule has 0 fully saturated rings. The molecular formula is C12H12Cl3N3O. The zero-order valence-corrected chi connectivity index (χ0v) is 12.4. The lowest BCUT2D eigenvalue weighted by molar-refractivity contribution is 0.408. The van der Waals surface area contributed by atoms with Gasteiger partial charge in [0.25, 0.3) is 0 Å². The summed E-state index contributed by atoms with van der Waals surface area (Å²) in [7, 11) is 0. The predicted octanol–water partition coefficient (Wildman–Crippen LogP) is 3.92. The van der Waals surface area contributed by atoms with E-state index in [-0.39, 0.29) is 6.04 Å². The summed E-state index contributed by atoms with van der Waals surface area (Å²) in [6.45, 7) is 2.71. The first-order valence-corrected chi connectivity index (χ1v) is 6.85. The van der Waals surface area contributed by atoms with Crippen LogP contribution in [0.5, 0.6) is 0 Å². The van der Waals surface area contributed by atoms with Gasteiger partial charge >= 0.3 is 0 Å². The molecular weight excluding hydrogens is 309 g/mol. The van der Waals surface area contributed by atoms with Crippen LogP contribution in [0.1, 0.15) is 24.4 Å². The van der Waals surface area contributed by atoms with Gasteiger partial charge in [0.05, 0.1) is 15.1 Å². The third-order valence-electron chi connectivity index (χ3n) is 2.74. The summed E-state index contributed by atoms with van der Waals surface area (Å²) in [5.41, 5.74) is 0.907. The molecule has 1 aromatic carbocycles. The van der Waals surface area contributed by atoms with Crippen molar-refractivity contribution in [3.8, 4) is 0 Å². The smallest absolute Gasteiger partial charge is 0.213 e. The largest absolute Gasteiger partial charge is 0.343 e. The predicted molar refractivity (Wildman–Crippen MR) is 75.9 cm³/mol. The fourth-order valence-corrected chi connectivity index (χ4v) is 2.39. The van der Waals surface area contributed by atoms with E-state index in [0.717, 1.165) is 5.56 Å². The maximum atomic E-state index is 6.18. The van der Waals surface area contributed by atoms with E-state index >= 15 is 0 Å². The van der Waals surface area contributed by atoms with E-state index in [0.29, 0.717) is 33.9 Å². The molecule has 1 heterocycles. The van der Waals surface area contributed by atoms with Gasteiger partial charge in [-0.05, 0) is 18.6 Å². The highest BCUT2D eigenvalue weighted by atomic mass is 35.5. The van der Waals surface area contributed by atoms with Crippen molar-refractivity contribution in [2.24, 2.45) is 0 Å². The summed E-state index contributed by atoms with van der Waals surface area (Å²) in [6, 6.07) is 3.65. The van der Waals surface area contributed by atoms with Crippen LogP contribution in [0, 0.1) is 0 Å². The molecule has 1 atom stereocenters. The Balaban J connectivity index is 1.96. The highest BCUT2D eigenvalue weighted by molar-refractivity contribution is 6.48. The van der Waals surface area contributed by atoms with E-state index < -0.39 is 0 Å². The molecule has 1 N–H and O–H groups in total. The minimum atomic E-state index is 0.0502. The zero-order valence-electron chi connectivity index (χ0n) is 10.2. The van der Waals surface area contributed by atoms with Gasteiger partial charge in [0.15, 0.2) is 5.82 Å². The van der Waals surface area contributed by atoms with Gasteiger partial charge in [-0.2, -0.15) is 4.98 Å². The fourth-order valence-electron chi connectivity index (χ4n) is 1.69. The Labute approximate surface area is 126 Å². The molecule has 19 heavy (non-hydrogen) atoms. The standard InChI is InChI=1S/C12H12Cl3N3O/c1-7(16-5-4-10-17-6-19-18-10)8-2-3-9(13)12(15)11(8)14/h2-3,6-7,16H,4-5H2,1H3. The molecule has 4 nitrogen and oxygen atoms in total. The van der Waals surface area contributed by atoms with Crippen LogP contribution in [0.2, 0.25) is 15.1 Å². The molecule has 1 aromatic heterocycles. The van der Waals surface area contributed by atoms with E-state index in [9.17, 15) is 0 Å². The highest BCUT2D eigenvalue weighted by Crippen LogP contribution is 2.35. The number of nitrogens with one attached hydrogen (secondary N) is 1. The van der Waals surface area contributed by atoms with Crippen LogP contribution in [0.4, 0.5) is 0 Å². The summed E-state index contributed by atoms with van der Waals surface area (Å²) >= 11 is 18.1. The SMILES string of the molecule is CC(NCCc1ncon1)c1ccc(Cl)c(Cl)c1Cl. The first-order valence-electron chi connectivity index (χ1n) is 5.71. The van der Waals surface area contributed by atoms with Gasteiger partial charge in [-0.25, -0.2) is 0 Å². The molecule has 0 aliphatic rings. The van der Waals surface area contributed by atoms with Crippen LogP contribution in [0.15, 0.2) is 23.0 Å². The van der Waals surface area contributed by atoms with Crippen molar-refractivity contribution in [3.05, 3.63) is 45.0 Å². The highest BCUT2D eigenvalue weighted by Gasteiger charge is 2.14. The van der Waals surface area contributed by atoms with Crippen molar-refractivity contribution in [3.63, 3.8) is 0 Å². The van der Waals surface area contributed by atoms with Gasteiger partial charge in [-0.15, -0.1) is 0 Å². The third kappa shape index (κ3) is 3.60. The first-order chi connectivity index (χ1) is 9.09. The Morgan fingerprint density at radius 2 is 2.05 bits per heavy atom. The van der Waals surface area contributed by atoms with Crippen LogP contribution < -0.4 is 5.32 Å². The lowest BCUT2D eigenvalue weighted by Crippen LogP contribution is -2.22. The van der Waals surface area contributed by atoms with Crippen LogP contribution in [-0.2, 0) is 6.42 Å². The Bertz CT molecular complexity index is 545. The molecule has 0 saturated carbocycles. The Morgan fingerprint density at radius 3 is 2.74 bits per heavy atom. The summed E-state index contributed by atoms with van der Waals surface area (Å²) in [6.07, 6.45) is 1.99. The molecule has 2 rings (SSSR count). The zero-order chi connectivity index (χ0) is 13.8. The fraction of sp³-hybridized carbons (Fsp3) is 0.333. The number of aromatic nitrogens is 2. The second kappa shape index (κ2) is 6.57. The minimum Gasteiger partial charge on any atom is -0.343 e. The van der Waals surface area contributed by atoms with Gasteiger partial charge in [-0.1, -0.05) is 46.0 Å². The van der Waals surface area contributed by atoms with E-state index in [2.05, 4.69) is 20.0 Å². The molecule has 0 amide bonds. The Morgan fingerprint density at radius 1 is 1.26 bits per heavy atom. The van der Waals surface area contributed by atoms with Gasteiger partial charge in [0.2, 0.25) is 6.39 Å². The van der Waals surface area contributed by atoms with Crippen molar-refractivity contribution in [2.75, 3.05) is 6.54 Å². The number of rotatable bonds is 5. The Hall–Kier alpha value is -0.810. The van der Waals surface area contributed by atoms with Crippen LogP contribution in [0.25, 0.3) is 0 Å². The topological polar surface area (TPSA) is 51.0 Å². The Kier molecular flexibility index (Phi) is 5.05. The van der Waals surface area contributed by atoms with Gasteiger partial charge in [0.1, 0.15) is 0 Å². The monoisotopic (exact) mass is 319 g/mol. The summed E-state index contributed by atoms with van der Waals surface area (Å²) in [5, 5.41) is 8.37.